The van der Waals surface area contributed by atoms with Gasteiger partial charge in [-0.05, 0) is 18.2 Å². The van der Waals surface area contributed by atoms with Crippen molar-refractivity contribution in [2.45, 2.75) is 6.54 Å². The van der Waals surface area contributed by atoms with Crippen molar-refractivity contribution in [1.82, 2.24) is 19.2 Å². The van der Waals surface area contributed by atoms with Gasteiger partial charge in [0.15, 0.2) is 0 Å². The molecule has 1 aliphatic heterocycles. The van der Waals surface area contributed by atoms with Crippen molar-refractivity contribution in [3.8, 4) is 0 Å². The monoisotopic (exact) mass is 410 g/mol. The van der Waals surface area contributed by atoms with Crippen LogP contribution in [0.1, 0.15) is 15.4 Å². The Morgan fingerprint density at radius 1 is 1.07 bits per heavy atom. The molecule has 4 aromatic rings. The lowest BCUT2D eigenvalue weighted by Crippen LogP contribution is -2.48. The molecule has 0 radical (unpaired) electrons. The molecule has 1 saturated heterocycles. The Bertz CT molecular complexity index is 1130. The number of piperazine rings is 1. The van der Waals surface area contributed by atoms with Gasteiger partial charge in [-0.15, -0.1) is 11.3 Å². The summed E-state index contributed by atoms with van der Waals surface area (Å²) >= 11 is 7.97. The molecule has 0 spiro atoms. The highest BCUT2D eigenvalue weighted by Gasteiger charge is 2.26. The van der Waals surface area contributed by atoms with Crippen LogP contribution in [0, 0.1) is 0 Å². The maximum Gasteiger partial charge on any atom is 0.265 e. The van der Waals surface area contributed by atoms with Crippen molar-refractivity contribution in [2.24, 2.45) is 0 Å². The van der Waals surface area contributed by atoms with Gasteiger partial charge in [-0.25, -0.2) is 4.98 Å². The molecular weight excluding hydrogens is 392 g/mol. The van der Waals surface area contributed by atoms with E-state index in [0.29, 0.717) is 23.0 Å². The van der Waals surface area contributed by atoms with Crippen molar-refractivity contribution in [2.75, 3.05) is 26.2 Å². The molecule has 0 bridgehead atoms. The molecular formula is C21H19ClN4OS. The Labute approximate surface area is 171 Å². The Hall–Kier alpha value is -2.41. The van der Waals surface area contributed by atoms with Crippen molar-refractivity contribution in [3.63, 3.8) is 0 Å². The molecule has 3 aromatic heterocycles. The van der Waals surface area contributed by atoms with Gasteiger partial charge in [-0.2, -0.15) is 0 Å². The normalized spacial score (nSPS) is 15.5. The highest BCUT2D eigenvalue weighted by molar-refractivity contribution is 7.21. The van der Waals surface area contributed by atoms with Gasteiger partial charge in [0, 0.05) is 55.2 Å². The number of halogens is 1. The lowest BCUT2D eigenvalue weighted by atomic mass is 10.2. The molecule has 1 fully saturated rings. The number of carbonyl (C=O) groups is 1. The maximum atomic E-state index is 13.0. The first-order valence-electron chi connectivity index (χ1n) is 9.30. The van der Waals surface area contributed by atoms with Crippen LogP contribution in [0.2, 0.25) is 5.02 Å². The highest BCUT2D eigenvalue weighted by atomic mass is 35.5. The number of nitrogens with zero attached hydrogens (tertiary/aromatic N) is 4. The van der Waals surface area contributed by atoms with E-state index in [2.05, 4.69) is 16.1 Å². The molecule has 7 heteroatoms. The summed E-state index contributed by atoms with van der Waals surface area (Å²) in [5, 5.41) is 1.54. The van der Waals surface area contributed by atoms with Crippen LogP contribution in [-0.4, -0.2) is 51.3 Å². The molecule has 0 saturated carbocycles. The molecule has 0 atom stereocenters. The Morgan fingerprint density at radius 2 is 1.86 bits per heavy atom. The van der Waals surface area contributed by atoms with E-state index in [1.807, 2.05) is 58.0 Å². The zero-order valence-corrected chi connectivity index (χ0v) is 16.8. The van der Waals surface area contributed by atoms with Gasteiger partial charge in [-0.3, -0.25) is 9.69 Å². The maximum absolute atomic E-state index is 13.0. The number of amides is 1. The standard InChI is InChI=1S/C21H19ClN4OS/c22-19-16-5-1-2-6-17(16)28-20(19)21(27)25-11-9-24(10-12-25)13-15-14-26-8-4-3-7-18(26)23-15/h1-8,14H,9-13H2. The fraction of sp³-hybridized carbons (Fsp3) is 0.238. The van der Waals surface area contributed by atoms with E-state index in [0.717, 1.165) is 41.1 Å². The van der Waals surface area contributed by atoms with Crippen LogP contribution in [0.15, 0.2) is 54.9 Å². The van der Waals surface area contributed by atoms with Crippen molar-refractivity contribution >= 4 is 44.6 Å². The number of benzene rings is 1. The Morgan fingerprint density at radius 3 is 2.64 bits per heavy atom. The van der Waals surface area contributed by atoms with E-state index in [1.165, 1.54) is 11.3 Å². The largest absolute Gasteiger partial charge is 0.335 e. The van der Waals surface area contributed by atoms with Crippen LogP contribution < -0.4 is 0 Å². The van der Waals surface area contributed by atoms with Crippen molar-refractivity contribution in [3.05, 3.63) is 70.5 Å². The third-order valence-electron chi connectivity index (χ3n) is 5.19. The highest BCUT2D eigenvalue weighted by Crippen LogP contribution is 2.36. The van der Waals surface area contributed by atoms with E-state index in [1.54, 1.807) is 0 Å². The Balaban J connectivity index is 1.26. The van der Waals surface area contributed by atoms with Crippen molar-refractivity contribution < 1.29 is 4.79 Å². The van der Waals surface area contributed by atoms with Crippen molar-refractivity contribution in [1.29, 1.82) is 0 Å². The first kappa shape index (κ1) is 17.7. The van der Waals surface area contributed by atoms with E-state index in [4.69, 9.17) is 11.6 Å². The number of fused-ring (bicyclic) bond motifs is 2. The van der Waals surface area contributed by atoms with Gasteiger partial charge >= 0.3 is 0 Å². The number of hydrogen-bond acceptors (Lipinski definition) is 4. The molecule has 1 amide bonds. The van der Waals surface area contributed by atoms with Gasteiger partial charge in [0.1, 0.15) is 10.5 Å². The fourth-order valence-electron chi connectivity index (χ4n) is 3.70. The predicted molar refractivity (Wildman–Crippen MR) is 113 cm³/mol. The Kier molecular flexibility index (Phi) is 4.55. The predicted octanol–water partition coefficient (Wildman–Crippen LogP) is 4.16. The molecule has 5 nitrogen and oxygen atoms in total. The summed E-state index contributed by atoms with van der Waals surface area (Å²) in [6.45, 7) is 3.88. The number of aromatic nitrogens is 2. The first-order chi connectivity index (χ1) is 13.7. The van der Waals surface area contributed by atoms with Crippen LogP contribution in [0.3, 0.4) is 0 Å². The summed E-state index contributed by atoms with van der Waals surface area (Å²) in [4.78, 5) is 22.6. The number of thiophene rings is 1. The van der Waals surface area contributed by atoms with E-state index < -0.39 is 0 Å². The summed E-state index contributed by atoms with van der Waals surface area (Å²) in [5.74, 6) is 0.0404. The lowest BCUT2D eigenvalue weighted by Gasteiger charge is -2.34. The summed E-state index contributed by atoms with van der Waals surface area (Å²) in [7, 11) is 0. The van der Waals surface area contributed by atoms with Gasteiger partial charge in [0.25, 0.3) is 5.91 Å². The SMILES string of the molecule is O=C(c1sc2ccccc2c1Cl)N1CCN(Cc2cn3ccccc3n2)CC1. The van der Waals surface area contributed by atoms with Crippen LogP contribution in [0.4, 0.5) is 0 Å². The number of carbonyl (C=O) groups excluding carboxylic acids is 1. The van der Waals surface area contributed by atoms with Crippen LogP contribution in [0.5, 0.6) is 0 Å². The molecule has 1 aliphatic rings. The zero-order valence-electron chi connectivity index (χ0n) is 15.2. The average molecular weight is 411 g/mol. The second-order valence-corrected chi connectivity index (χ2v) is 8.44. The van der Waals surface area contributed by atoms with Crippen LogP contribution >= 0.6 is 22.9 Å². The molecule has 28 heavy (non-hydrogen) atoms. The van der Waals surface area contributed by atoms with Gasteiger partial charge in [-0.1, -0.05) is 35.9 Å². The minimum absolute atomic E-state index is 0.0404. The van der Waals surface area contributed by atoms with E-state index >= 15 is 0 Å². The molecule has 0 unspecified atom stereocenters. The topological polar surface area (TPSA) is 40.9 Å². The van der Waals surface area contributed by atoms with E-state index in [-0.39, 0.29) is 5.91 Å². The van der Waals surface area contributed by atoms with Crippen LogP contribution in [0.25, 0.3) is 15.7 Å². The summed E-state index contributed by atoms with van der Waals surface area (Å²) in [6, 6.07) is 13.9. The van der Waals surface area contributed by atoms with E-state index in [9.17, 15) is 4.79 Å². The van der Waals surface area contributed by atoms with Gasteiger partial charge < -0.3 is 9.30 Å². The molecule has 4 heterocycles. The lowest BCUT2D eigenvalue weighted by molar-refractivity contribution is 0.0632. The molecule has 5 rings (SSSR count). The second kappa shape index (κ2) is 7.20. The number of rotatable bonds is 3. The molecule has 1 aromatic carbocycles. The third kappa shape index (κ3) is 3.17. The second-order valence-electron chi connectivity index (χ2n) is 7.01. The van der Waals surface area contributed by atoms with Gasteiger partial charge in [0.05, 0.1) is 10.7 Å². The third-order valence-corrected chi connectivity index (χ3v) is 6.85. The average Bonchev–Trinajstić information content (AvgIpc) is 3.29. The number of imidazole rings is 1. The zero-order chi connectivity index (χ0) is 19.1. The summed E-state index contributed by atoms with van der Waals surface area (Å²) < 4.78 is 3.10. The van der Waals surface area contributed by atoms with Crippen LogP contribution in [-0.2, 0) is 6.54 Å². The first-order valence-corrected chi connectivity index (χ1v) is 10.5. The summed E-state index contributed by atoms with van der Waals surface area (Å²) in [6.07, 6.45) is 4.08. The summed E-state index contributed by atoms with van der Waals surface area (Å²) in [5.41, 5.74) is 2.02. The minimum atomic E-state index is 0.0404. The molecule has 0 aliphatic carbocycles. The molecule has 0 N–H and O–H groups in total. The fourth-order valence-corrected chi connectivity index (χ4v) is 5.18. The van der Waals surface area contributed by atoms with Gasteiger partial charge in [0.2, 0.25) is 0 Å². The number of hydrogen-bond donors (Lipinski definition) is 0. The minimum Gasteiger partial charge on any atom is -0.335 e. The smallest absolute Gasteiger partial charge is 0.265 e. The number of pyridine rings is 1. The quantitative estimate of drug-likeness (QED) is 0.509. The molecule has 142 valence electrons.